The summed E-state index contributed by atoms with van der Waals surface area (Å²) in [5.41, 5.74) is 3.93. The molecule has 1 aliphatic carbocycles. The summed E-state index contributed by atoms with van der Waals surface area (Å²) in [6, 6.07) is 17.1. The van der Waals surface area contributed by atoms with E-state index in [4.69, 9.17) is 0 Å². The van der Waals surface area contributed by atoms with E-state index in [1.807, 2.05) is 0 Å². The van der Waals surface area contributed by atoms with Crippen LogP contribution in [0.15, 0.2) is 53.0 Å². The van der Waals surface area contributed by atoms with E-state index in [1.165, 1.54) is 16.7 Å². The maximum Gasteiger partial charge on any atom is 0.0531 e. The lowest BCUT2D eigenvalue weighted by molar-refractivity contribution is 0.173. The minimum absolute atomic E-state index is 0.108. The normalized spacial score (nSPS) is 21.5. The van der Waals surface area contributed by atoms with E-state index in [9.17, 15) is 5.11 Å². The molecule has 0 aliphatic heterocycles. The van der Waals surface area contributed by atoms with Crippen molar-refractivity contribution < 1.29 is 5.11 Å². The summed E-state index contributed by atoms with van der Waals surface area (Å²) in [5, 5.41) is 10.1. The standard InChI is InChI=1S/C18H19BrO/c19-16-9-7-14(8-10-16)12-18(13-20)11-3-5-15-4-1-2-6-17(15)18/h1-2,4,6-10,20H,3,5,11-13H2. The van der Waals surface area contributed by atoms with Crippen LogP contribution >= 0.6 is 15.9 Å². The van der Waals surface area contributed by atoms with Crippen molar-refractivity contribution in [3.8, 4) is 0 Å². The summed E-state index contributed by atoms with van der Waals surface area (Å²) in [6.07, 6.45) is 4.27. The number of aliphatic hydroxyl groups is 1. The van der Waals surface area contributed by atoms with Gasteiger partial charge in [-0.1, -0.05) is 52.3 Å². The summed E-state index contributed by atoms with van der Waals surface area (Å²) < 4.78 is 1.10. The number of aliphatic hydroxyl groups excluding tert-OH is 1. The van der Waals surface area contributed by atoms with Crippen LogP contribution in [-0.2, 0) is 18.3 Å². The molecular weight excluding hydrogens is 312 g/mol. The molecule has 2 aromatic rings. The summed E-state index contributed by atoms with van der Waals surface area (Å²) >= 11 is 3.48. The highest BCUT2D eigenvalue weighted by Crippen LogP contribution is 2.39. The summed E-state index contributed by atoms with van der Waals surface area (Å²) in [5.74, 6) is 0. The van der Waals surface area contributed by atoms with E-state index in [0.29, 0.717) is 0 Å². The Labute approximate surface area is 128 Å². The monoisotopic (exact) mass is 330 g/mol. The number of hydrogen-bond acceptors (Lipinski definition) is 1. The lowest BCUT2D eigenvalue weighted by Gasteiger charge is -2.38. The van der Waals surface area contributed by atoms with E-state index >= 15 is 0 Å². The molecule has 1 aliphatic rings. The predicted octanol–water partition coefficient (Wildman–Crippen LogP) is 4.26. The first-order chi connectivity index (χ1) is 9.73. The molecule has 0 heterocycles. The topological polar surface area (TPSA) is 20.2 Å². The molecule has 2 aromatic carbocycles. The van der Waals surface area contributed by atoms with Gasteiger partial charge in [-0.2, -0.15) is 0 Å². The average molecular weight is 331 g/mol. The first-order valence-electron chi connectivity index (χ1n) is 7.17. The molecule has 0 fully saturated rings. The molecule has 0 bridgehead atoms. The fourth-order valence-corrected chi connectivity index (χ4v) is 3.67. The molecule has 1 unspecified atom stereocenters. The van der Waals surface area contributed by atoms with Crippen molar-refractivity contribution in [2.45, 2.75) is 31.1 Å². The average Bonchev–Trinajstić information content (AvgIpc) is 2.50. The van der Waals surface area contributed by atoms with Crippen LogP contribution in [0.2, 0.25) is 0 Å². The van der Waals surface area contributed by atoms with Crippen LogP contribution in [0.1, 0.15) is 29.5 Å². The number of rotatable bonds is 3. The zero-order valence-corrected chi connectivity index (χ0v) is 13.1. The summed E-state index contributed by atoms with van der Waals surface area (Å²) in [4.78, 5) is 0. The van der Waals surface area contributed by atoms with Gasteiger partial charge in [-0.3, -0.25) is 0 Å². The second-order valence-corrected chi connectivity index (χ2v) is 6.67. The first kappa shape index (κ1) is 13.8. The van der Waals surface area contributed by atoms with E-state index < -0.39 is 0 Å². The molecule has 3 rings (SSSR count). The van der Waals surface area contributed by atoms with Gasteiger partial charge in [-0.05, 0) is 54.5 Å². The van der Waals surface area contributed by atoms with E-state index in [2.05, 4.69) is 64.5 Å². The minimum Gasteiger partial charge on any atom is -0.395 e. The number of halogens is 1. The Balaban J connectivity index is 1.98. The van der Waals surface area contributed by atoms with Crippen molar-refractivity contribution in [3.63, 3.8) is 0 Å². The zero-order valence-electron chi connectivity index (χ0n) is 11.5. The third kappa shape index (κ3) is 2.55. The Kier molecular flexibility index (Phi) is 3.95. The highest BCUT2D eigenvalue weighted by atomic mass is 79.9. The molecule has 1 nitrogen and oxygen atoms in total. The second-order valence-electron chi connectivity index (χ2n) is 5.75. The van der Waals surface area contributed by atoms with Crippen molar-refractivity contribution in [3.05, 3.63) is 69.7 Å². The quantitative estimate of drug-likeness (QED) is 0.891. The minimum atomic E-state index is -0.108. The number of hydrogen-bond donors (Lipinski definition) is 1. The molecule has 0 aromatic heterocycles. The third-order valence-electron chi connectivity index (χ3n) is 4.45. The Bertz CT molecular complexity index is 591. The second kappa shape index (κ2) is 5.71. The molecule has 104 valence electrons. The van der Waals surface area contributed by atoms with Crippen LogP contribution in [-0.4, -0.2) is 11.7 Å². The zero-order chi connectivity index (χ0) is 14.0. The summed E-state index contributed by atoms with van der Waals surface area (Å²) in [7, 11) is 0. The van der Waals surface area contributed by atoms with Crippen molar-refractivity contribution in [1.29, 1.82) is 0 Å². The largest absolute Gasteiger partial charge is 0.395 e. The van der Waals surface area contributed by atoms with Crippen molar-refractivity contribution >= 4 is 15.9 Å². The predicted molar refractivity (Wildman–Crippen MR) is 86.0 cm³/mol. The highest BCUT2D eigenvalue weighted by Gasteiger charge is 2.35. The maximum absolute atomic E-state index is 10.1. The van der Waals surface area contributed by atoms with Crippen LogP contribution in [0.3, 0.4) is 0 Å². The van der Waals surface area contributed by atoms with Crippen LogP contribution in [0.25, 0.3) is 0 Å². The van der Waals surface area contributed by atoms with Crippen LogP contribution in [0.4, 0.5) is 0 Å². The molecule has 2 heteroatoms. The van der Waals surface area contributed by atoms with E-state index in [1.54, 1.807) is 0 Å². The Hall–Kier alpha value is -1.12. The van der Waals surface area contributed by atoms with Gasteiger partial charge in [0.05, 0.1) is 6.61 Å². The molecular formula is C18H19BrO. The van der Waals surface area contributed by atoms with Gasteiger partial charge in [0.25, 0.3) is 0 Å². The van der Waals surface area contributed by atoms with Gasteiger partial charge in [0, 0.05) is 9.89 Å². The first-order valence-corrected chi connectivity index (χ1v) is 7.96. The lowest BCUT2D eigenvalue weighted by atomic mass is 9.67. The molecule has 20 heavy (non-hydrogen) atoms. The SMILES string of the molecule is OCC1(Cc2ccc(Br)cc2)CCCc2ccccc21. The smallest absolute Gasteiger partial charge is 0.0531 e. The Morgan fingerprint density at radius 1 is 1.05 bits per heavy atom. The Morgan fingerprint density at radius 3 is 2.55 bits per heavy atom. The van der Waals surface area contributed by atoms with Gasteiger partial charge in [-0.15, -0.1) is 0 Å². The summed E-state index contributed by atoms with van der Waals surface area (Å²) in [6.45, 7) is 0.222. The molecule has 0 saturated heterocycles. The molecule has 0 radical (unpaired) electrons. The number of benzene rings is 2. The molecule has 0 saturated carbocycles. The van der Waals surface area contributed by atoms with Crippen molar-refractivity contribution in [2.75, 3.05) is 6.61 Å². The fraction of sp³-hybridized carbons (Fsp3) is 0.333. The maximum atomic E-state index is 10.1. The highest BCUT2D eigenvalue weighted by molar-refractivity contribution is 9.10. The molecule has 0 spiro atoms. The van der Waals surface area contributed by atoms with Crippen molar-refractivity contribution in [2.24, 2.45) is 0 Å². The van der Waals surface area contributed by atoms with Crippen molar-refractivity contribution in [1.82, 2.24) is 0 Å². The fourth-order valence-electron chi connectivity index (χ4n) is 3.40. The lowest BCUT2D eigenvalue weighted by Crippen LogP contribution is -2.37. The molecule has 1 N–H and O–H groups in total. The van der Waals surface area contributed by atoms with Crippen LogP contribution in [0.5, 0.6) is 0 Å². The Morgan fingerprint density at radius 2 is 1.80 bits per heavy atom. The molecule has 0 amide bonds. The van der Waals surface area contributed by atoms with Crippen LogP contribution in [0, 0.1) is 0 Å². The van der Waals surface area contributed by atoms with Gasteiger partial charge in [0.15, 0.2) is 0 Å². The number of fused-ring (bicyclic) bond motifs is 1. The number of aryl methyl sites for hydroxylation is 1. The van der Waals surface area contributed by atoms with E-state index in [0.717, 1.165) is 30.2 Å². The third-order valence-corrected chi connectivity index (χ3v) is 4.98. The van der Waals surface area contributed by atoms with Gasteiger partial charge in [0.2, 0.25) is 0 Å². The molecule has 1 atom stereocenters. The van der Waals surface area contributed by atoms with Gasteiger partial charge < -0.3 is 5.11 Å². The van der Waals surface area contributed by atoms with Crippen LogP contribution < -0.4 is 0 Å². The van der Waals surface area contributed by atoms with Gasteiger partial charge in [0.1, 0.15) is 0 Å². The van der Waals surface area contributed by atoms with Gasteiger partial charge in [-0.25, -0.2) is 0 Å². The van der Waals surface area contributed by atoms with E-state index in [-0.39, 0.29) is 12.0 Å². The van der Waals surface area contributed by atoms with Gasteiger partial charge >= 0.3 is 0 Å².